The maximum atomic E-state index is 13.7. The van der Waals surface area contributed by atoms with Crippen LogP contribution in [0.1, 0.15) is 18.0 Å². The van der Waals surface area contributed by atoms with Crippen molar-refractivity contribution < 1.29 is 9.18 Å². The molecule has 1 saturated heterocycles. The number of likely N-dealkylation sites (tertiary alicyclic amines) is 1. The van der Waals surface area contributed by atoms with Crippen molar-refractivity contribution in [3.63, 3.8) is 0 Å². The van der Waals surface area contributed by atoms with Crippen LogP contribution in [0.5, 0.6) is 0 Å². The number of hydrogen-bond acceptors (Lipinski definition) is 5. The Morgan fingerprint density at radius 3 is 3.04 bits per heavy atom. The van der Waals surface area contributed by atoms with E-state index < -0.39 is 5.82 Å². The maximum absolute atomic E-state index is 13.7. The number of carbonyl (C=O) groups is 1. The van der Waals surface area contributed by atoms with Crippen molar-refractivity contribution in [2.75, 3.05) is 13.6 Å². The molecular formula is C14H16ClFN6O. The lowest BCUT2D eigenvalue weighted by atomic mass is 10.00. The van der Waals surface area contributed by atoms with Gasteiger partial charge in [-0.3, -0.25) is 9.69 Å². The van der Waals surface area contributed by atoms with E-state index in [0.29, 0.717) is 0 Å². The van der Waals surface area contributed by atoms with Crippen LogP contribution in [0, 0.1) is 5.82 Å². The summed E-state index contributed by atoms with van der Waals surface area (Å²) in [4.78, 5) is 14.2. The summed E-state index contributed by atoms with van der Waals surface area (Å²) < 4.78 is 15.1. The van der Waals surface area contributed by atoms with Crippen LogP contribution in [-0.2, 0) is 11.3 Å². The first-order valence-corrected chi connectivity index (χ1v) is 7.57. The van der Waals surface area contributed by atoms with Gasteiger partial charge in [-0.25, -0.2) is 9.07 Å². The molecule has 1 fully saturated rings. The van der Waals surface area contributed by atoms with Crippen LogP contribution in [0.25, 0.3) is 0 Å². The Kier molecular flexibility index (Phi) is 4.53. The van der Waals surface area contributed by atoms with Gasteiger partial charge in [-0.15, -0.1) is 5.10 Å². The number of tetrazole rings is 1. The van der Waals surface area contributed by atoms with Gasteiger partial charge in [0.15, 0.2) is 0 Å². The van der Waals surface area contributed by atoms with Crippen molar-refractivity contribution in [2.24, 2.45) is 0 Å². The predicted molar refractivity (Wildman–Crippen MR) is 81.1 cm³/mol. The summed E-state index contributed by atoms with van der Waals surface area (Å²) in [6.07, 6.45) is 2.17. The number of halogens is 2. The quantitative estimate of drug-likeness (QED) is 0.901. The number of benzene rings is 1. The molecule has 2 aromatic rings. The number of carbonyl (C=O) groups excluding carboxylic acids is 1. The lowest BCUT2D eigenvalue weighted by Crippen LogP contribution is -2.40. The molecule has 0 unspecified atom stereocenters. The minimum absolute atomic E-state index is 0.0505. The highest BCUT2D eigenvalue weighted by Crippen LogP contribution is 2.32. The monoisotopic (exact) mass is 338 g/mol. The van der Waals surface area contributed by atoms with E-state index in [2.05, 4.69) is 25.7 Å². The van der Waals surface area contributed by atoms with Crippen molar-refractivity contribution in [1.82, 2.24) is 30.4 Å². The summed E-state index contributed by atoms with van der Waals surface area (Å²) >= 11 is 5.74. The third kappa shape index (κ3) is 3.48. The van der Waals surface area contributed by atoms with Crippen molar-refractivity contribution in [2.45, 2.75) is 25.0 Å². The van der Waals surface area contributed by atoms with Crippen molar-refractivity contribution in [3.05, 3.63) is 40.9 Å². The van der Waals surface area contributed by atoms with Crippen LogP contribution in [0.3, 0.4) is 0 Å². The van der Waals surface area contributed by atoms with Gasteiger partial charge in [0.25, 0.3) is 0 Å². The number of amides is 1. The van der Waals surface area contributed by atoms with Crippen LogP contribution in [0.2, 0.25) is 5.02 Å². The molecule has 0 aliphatic carbocycles. The molecular weight excluding hydrogens is 323 g/mol. The van der Waals surface area contributed by atoms with Crippen molar-refractivity contribution in [1.29, 1.82) is 0 Å². The minimum atomic E-state index is -0.455. The standard InChI is InChI=1S/C14H16ClFN6O/c1-21-5-4-12(18-13(23)7-22-8-17-19-20-22)14(21)9-2-3-10(15)11(16)6-9/h2-3,6,8,12,14H,4-5,7H2,1H3,(H,18,23)/t12-,14+/m1/s1. The topological polar surface area (TPSA) is 75.9 Å². The molecule has 122 valence electrons. The molecule has 23 heavy (non-hydrogen) atoms. The number of nitrogens with one attached hydrogen (secondary N) is 1. The number of aromatic nitrogens is 4. The highest BCUT2D eigenvalue weighted by atomic mass is 35.5. The van der Waals surface area contributed by atoms with Crippen molar-refractivity contribution in [3.8, 4) is 0 Å². The fourth-order valence-electron chi connectivity index (χ4n) is 2.93. The Bertz CT molecular complexity index is 695. The van der Waals surface area contributed by atoms with Gasteiger partial charge in [-0.2, -0.15) is 0 Å². The zero-order chi connectivity index (χ0) is 16.4. The van der Waals surface area contributed by atoms with Crippen LogP contribution in [0.15, 0.2) is 24.5 Å². The second-order valence-electron chi connectivity index (χ2n) is 5.57. The molecule has 1 aromatic carbocycles. The van der Waals surface area contributed by atoms with E-state index in [0.717, 1.165) is 18.5 Å². The van der Waals surface area contributed by atoms with Gasteiger partial charge in [0.1, 0.15) is 18.7 Å². The molecule has 2 heterocycles. The Hall–Kier alpha value is -2.06. The normalized spacial score (nSPS) is 21.5. The lowest BCUT2D eigenvalue weighted by molar-refractivity contribution is -0.122. The fraction of sp³-hybridized carbons (Fsp3) is 0.429. The van der Waals surface area contributed by atoms with Crippen LogP contribution in [0.4, 0.5) is 4.39 Å². The predicted octanol–water partition coefficient (Wildman–Crippen LogP) is 1.03. The third-order valence-electron chi connectivity index (χ3n) is 3.98. The van der Waals surface area contributed by atoms with Gasteiger partial charge in [0, 0.05) is 12.6 Å². The Balaban J connectivity index is 1.73. The van der Waals surface area contributed by atoms with Gasteiger partial charge in [-0.05, 0) is 41.6 Å². The van der Waals surface area contributed by atoms with Gasteiger partial charge >= 0.3 is 0 Å². The average Bonchev–Trinajstić information content (AvgIpc) is 3.12. The molecule has 1 N–H and O–H groups in total. The van der Waals surface area contributed by atoms with Crippen LogP contribution in [-0.4, -0.2) is 50.6 Å². The van der Waals surface area contributed by atoms with Gasteiger partial charge < -0.3 is 5.32 Å². The zero-order valence-corrected chi connectivity index (χ0v) is 13.2. The summed E-state index contributed by atoms with van der Waals surface area (Å²) in [6.45, 7) is 0.861. The molecule has 1 amide bonds. The highest BCUT2D eigenvalue weighted by molar-refractivity contribution is 6.30. The van der Waals surface area contributed by atoms with E-state index in [1.54, 1.807) is 12.1 Å². The summed E-state index contributed by atoms with van der Waals surface area (Å²) in [5, 5.41) is 13.7. The fourth-order valence-corrected chi connectivity index (χ4v) is 3.05. The molecule has 3 rings (SSSR count). The first-order chi connectivity index (χ1) is 11.0. The average molecular weight is 339 g/mol. The number of hydrogen-bond donors (Lipinski definition) is 1. The summed E-state index contributed by atoms with van der Waals surface area (Å²) in [6, 6.07) is 4.55. The molecule has 7 nitrogen and oxygen atoms in total. The first kappa shape index (κ1) is 15.8. The van der Waals surface area contributed by atoms with Gasteiger partial charge in [0.05, 0.1) is 11.1 Å². The van der Waals surface area contributed by atoms with Crippen LogP contribution >= 0.6 is 11.6 Å². The smallest absolute Gasteiger partial charge is 0.242 e. The molecule has 0 bridgehead atoms. The van der Waals surface area contributed by atoms with E-state index in [4.69, 9.17) is 11.6 Å². The van der Waals surface area contributed by atoms with E-state index in [1.807, 2.05) is 7.05 Å². The summed E-state index contributed by atoms with van der Waals surface area (Å²) in [5.41, 5.74) is 0.791. The highest BCUT2D eigenvalue weighted by Gasteiger charge is 2.34. The van der Waals surface area contributed by atoms with Crippen LogP contribution < -0.4 is 5.32 Å². The Morgan fingerprint density at radius 2 is 2.35 bits per heavy atom. The second-order valence-corrected chi connectivity index (χ2v) is 5.98. The van der Waals surface area contributed by atoms with E-state index in [1.165, 1.54) is 17.1 Å². The number of nitrogens with zero attached hydrogens (tertiary/aromatic N) is 5. The van der Waals surface area contributed by atoms with E-state index in [9.17, 15) is 9.18 Å². The molecule has 1 aliphatic rings. The lowest BCUT2D eigenvalue weighted by Gasteiger charge is -2.26. The first-order valence-electron chi connectivity index (χ1n) is 7.20. The Morgan fingerprint density at radius 1 is 1.52 bits per heavy atom. The molecule has 9 heteroatoms. The molecule has 2 atom stereocenters. The van der Waals surface area contributed by atoms with Gasteiger partial charge in [-0.1, -0.05) is 17.7 Å². The summed E-state index contributed by atoms with van der Waals surface area (Å²) in [5.74, 6) is -0.639. The zero-order valence-electron chi connectivity index (χ0n) is 12.5. The maximum Gasteiger partial charge on any atom is 0.242 e. The number of rotatable bonds is 4. The second kappa shape index (κ2) is 6.59. The number of likely N-dealkylation sites (N-methyl/N-ethyl adjacent to an activating group) is 1. The molecule has 0 spiro atoms. The van der Waals surface area contributed by atoms with Gasteiger partial charge in [0.2, 0.25) is 5.91 Å². The molecule has 1 aromatic heterocycles. The largest absolute Gasteiger partial charge is 0.350 e. The van der Waals surface area contributed by atoms with E-state index in [-0.39, 0.29) is 29.6 Å². The van der Waals surface area contributed by atoms with E-state index >= 15 is 0 Å². The van der Waals surface area contributed by atoms with Crippen molar-refractivity contribution >= 4 is 17.5 Å². The minimum Gasteiger partial charge on any atom is -0.350 e. The summed E-state index contributed by atoms with van der Waals surface area (Å²) in [7, 11) is 1.95. The molecule has 0 radical (unpaired) electrons. The Labute approximate surface area is 137 Å². The SMILES string of the molecule is CN1CC[C@@H](NC(=O)Cn2cnnn2)[C@@H]1c1ccc(Cl)c(F)c1. The third-order valence-corrected chi connectivity index (χ3v) is 4.28. The molecule has 1 aliphatic heterocycles. The molecule has 0 saturated carbocycles.